The van der Waals surface area contributed by atoms with Gasteiger partial charge in [-0.1, -0.05) is 36.8 Å². The first kappa shape index (κ1) is 15.1. The van der Waals surface area contributed by atoms with Gasteiger partial charge in [-0.3, -0.25) is 0 Å². The molecule has 1 aliphatic heterocycles. The van der Waals surface area contributed by atoms with Crippen LogP contribution >= 0.6 is 0 Å². The number of aryl methyl sites for hydroxylation is 1. The fourth-order valence-electron chi connectivity index (χ4n) is 4.09. The average Bonchev–Trinajstić information content (AvgIpc) is 2.45. The van der Waals surface area contributed by atoms with E-state index in [-0.39, 0.29) is 5.60 Å². The monoisotopic (exact) mass is 287 g/mol. The van der Waals surface area contributed by atoms with Crippen LogP contribution in [0.2, 0.25) is 0 Å². The Morgan fingerprint density at radius 2 is 2.24 bits per heavy atom. The Hall–Kier alpha value is -0.860. The van der Waals surface area contributed by atoms with Gasteiger partial charge in [0.15, 0.2) is 0 Å². The fourth-order valence-corrected chi connectivity index (χ4v) is 4.09. The van der Waals surface area contributed by atoms with Crippen LogP contribution in [0.3, 0.4) is 0 Å². The van der Waals surface area contributed by atoms with Crippen LogP contribution < -0.4 is 5.32 Å². The molecule has 1 aromatic carbocycles. The average molecular weight is 287 g/mol. The first-order chi connectivity index (χ1) is 10.2. The van der Waals surface area contributed by atoms with E-state index >= 15 is 0 Å². The Morgan fingerprint density at radius 3 is 2.90 bits per heavy atom. The number of likely N-dealkylation sites (N-methyl/N-ethyl adjacent to an activating group) is 1. The van der Waals surface area contributed by atoms with Crippen molar-refractivity contribution in [2.45, 2.75) is 64.0 Å². The molecule has 0 bridgehead atoms. The maximum absolute atomic E-state index is 6.10. The molecule has 1 saturated carbocycles. The summed E-state index contributed by atoms with van der Waals surface area (Å²) in [6.07, 6.45) is 7.55. The Bertz CT molecular complexity index is 466. The highest BCUT2D eigenvalue weighted by molar-refractivity contribution is 5.23. The first-order valence-corrected chi connectivity index (χ1v) is 8.64. The van der Waals surface area contributed by atoms with Crippen molar-refractivity contribution in [3.8, 4) is 0 Å². The molecule has 1 heterocycles. The molecule has 3 rings (SSSR count). The third kappa shape index (κ3) is 3.49. The maximum atomic E-state index is 6.10. The molecule has 2 fully saturated rings. The van der Waals surface area contributed by atoms with Crippen molar-refractivity contribution in [3.05, 3.63) is 35.4 Å². The normalized spacial score (nSPS) is 25.5. The Kier molecular flexibility index (Phi) is 4.66. The van der Waals surface area contributed by atoms with Gasteiger partial charge in [0.25, 0.3) is 0 Å². The smallest absolute Gasteiger partial charge is 0.0685 e. The molecule has 21 heavy (non-hydrogen) atoms. The van der Waals surface area contributed by atoms with Crippen molar-refractivity contribution in [3.63, 3.8) is 0 Å². The summed E-state index contributed by atoms with van der Waals surface area (Å²) in [4.78, 5) is 0. The molecule has 0 aromatic heterocycles. The summed E-state index contributed by atoms with van der Waals surface area (Å²) < 4.78 is 6.10. The molecule has 1 saturated heterocycles. The van der Waals surface area contributed by atoms with Gasteiger partial charge in [-0.15, -0.1) is 0 Å². The fraction of sp³-hybridized carbons (Fsp3) is 0.684. The molecule has 1 aliphatic carbocycles. The lowest BCUT2D eigenvalue weighted by molar-refractivity contribution is -0.147. The van der Waals surface area contributed by atoms with E-state index in [1.807, 2.05) is 0 Å². The summed E-state index contributed by atoms with van der Waals surface area (Å²) in [7, 11) is 0. The molecule has 2 unspecified atom stereocenters. The summed E-state index contributed by atoms with van der Waals surface area (Å²) in [6, 6.07) is 9.57. The van der Waals surface area contributed by atoms with Crippen molar-refractivity contribution in [1.82, 2.24) is 5.32 Å². The Morgan fingerprint density at radius 1 is 1.38 bits per heavy atom. The molecule has 0 amide bonds. The van der Waals surface area contributed by atoms with Crippen LogP contribution in [0.25, 0.3) is 0 Å². The predicted octanol–water partition coefficient (Wildman–Crippen LogP) is 3.86. The van der Waals surface area contributed by atoms with E-state index in [0.29, 0.717) is 6.04 Å². The van der Waals surface area contributed by atoms with Gasteiger partial charge < -0.3 is 10.1 Å². The highest BCUT2D eigenvalue weighted by atomic mass is 16.5. The minimum Gasteiger partial charge on any atom is -0.375 e. The number of ether oxygens (including phenoxy) is 1. The van der Waals surface area contributed by atoms with Crippen LogP contribution in [0.15, 0.2) is 24.3 Å². The lowest BCUT2D eigenvalue weighted by atomic mass is 9.70. The van der Waals surface area contributed by atoms with Crippen molar-refractivity contribution in [2.75, 3.05) is 13.2 Å². The van der Waals surface area contributed by atoms with Crippen molar-refractivity contribution in [1.29, 1.82) is 0 Å². The van der Waals surface area contributed by atoms with E-state index in [1.54, 1.807) is 0 Å². The van der Waals surface area contributed by atoms with E-state index in [2.05, 4.69) is 43.4 Å². The molecule has 1 N–H and O–H groups in total. The minimum absolute atomic E-state index is 0.253. The van der Waals surface area contributed by atoms with Crippen molar-refractivity contribution < 1.29 is 4.74 Å². The molecule has 2 atom stereocenters. The molecule has 0 radical (unpaired) electrons. The molecule has 116 valence electrons. The van der Waals surface area contributed by atoms with Crippen LogP contribution in [0.4, 0.5) is 0 Å². The highest BCUT2D eigenvalue weighted by Gasteiger charge is 2.44. The highest BCUT2D eigenvalue weighted by Crippen LogP contribution is 2.45. The molecule has 1 aromatic rings. The van der Waals surface area contributed by atoms with E-state index < -0.39 is 0 Å². The van der Waals surface area contributed by atoms with Gasteiger partial charge in [-0.2, -0.15) is 0 Å². The third-order valence-corrected chi connectivity index (χ3v) is 5.37. The number of rotatable bonds is 5. The second kappa shape index (κ2) is 6.50. The summed E-state index contributed by atoms with van der Waals surface area (Å²) >= 11 is 0. The number of nitrogens with one attached hydrogen (secondary N) is 1. The minimum atomic E-state index is 0.253. The molecular weight excluding hydrogens is 258 g/mol. The van der Waals surface area contributed by atoms with Crippen LogP contribution in [0.1, 0.15) is 50.2 Å². The Balaban J connectivity index is 1.68. The van der Waals surface area contributed by atoms with Crippen LogP contribution in [0.5, 0.6) is 0 Å². The Labute approximate surface area is 129 Å². The zero-order chi connectivity index (χ0) is 14.7. The lowest BCUT2D eigenvalue weighted by Gasteiger charge is -2.49. The standard InChI is InChI=1S/C19H29NO/c1-3-20-18(13-16-7-4-6-15(2)12-16)17-8-11-21-19(14-17)9-5-10-19/h4,6-7,12,17-18,20H,3,5,8-11,13-14H2,1-2H3. The van der Waals surface area contributed by atoms with Gasteiger partial charge in [0, 0.05) is 12.6 Å². The summed E-state index contributed by atoms with van der Waals surface area (Å²) in [6.45, 7) is 6.42. The van der Waals surface area contributed by atoms with Gasteiger partial charge in [0.05, 0.1) is 5.60 Å². The quantitative estimate of drug-likeness (QED) is 0.888. The van der Waals surface area contributed by atoms with E-state index in [9.17, 15) is 0 Å². The molecule has 2 heteroatoms. The van der Waals surface area contributed by atoms with Gasteiger partial charge >= 0.3 is 0 Å². The number of hydrogen-bond acceptors (Lipinski definition) is 2. The molecule has 2 nitrogen and oxygen atoms in total. The molecule has 2 aliphatic rings. The molecule has 1 spiro atoms. The topological polar surface area (TPSA) is 21.3 Å². The largest absolute Gasteiger partial charge is 0.375 e. The van der Waals surface area contributed by atoms with Crippen LogP contribution in [-0.2, 0) is 11.2 Å². The lowest BCUT2D eigenvalue weighted by Crippen LogP contribution is -2.50. The van der Waals surface area contributed by atoms with Gasteiger partial charge in [0.2, 0.25) is 0 Å². The zero-order valence-corrected chi connectivity index (χ0v) is 13.5. The maximum Gasteiger partial charge on any atom is 0.0685 e. The van der Waals surface area contributed by atoms with E-state index in [0.717, 1.165) is 25.5 Å². The third-order valence-electron chi connectivity index (χ3n) is 5.37. The van der Waals surface area contributed by atoms with Crippen molar-refractivity contribution >= 4 is 0 Å². The van der Waals surface area contributed by atoms with Gasteiger partial charge in [-0.05, 0) is 63.5 Å². The van der Waals surface area contributed by atoms with E-state index in [1.165, 1.54) is 43.2 Å². The number of hydrogen-bond donors (Lipinski definition) is 1. The van der Waals surface area contributed by atoms with E-state index in [4.69, 9.17) is 4.74 Å². The van der Waals surface area contributed by atoms with Crippen molar-refractivity contribution in [2.24, 2.45) is 5.92 Å². The summed E-state index contributed by atoms with van der Waals surface area (Å²) in [5.41, 5.74) is 3.09. The summed E-state index contributed by atoms with van der Waals surface area (Å²) in [5, 5.41) is 3.75. The van der Waals surface area contributed by atoms with Gasteiger partial charge in [0.1, 0.15) is 0 Å². The summed E-state index contributed by atoms with van der Waals surface area (Å²) in [5.74, 6) is 0.763. The van der Waals surface area contributed by atoms with Crippen LogP contribution in [-0.4, -0.2) is 24.8 Å². The zero-order valence-electron chi connectivity index (χ0n) is 13.5. The second-order valence-corrected chi connectivity index (χ2v) is 7.00. The number of benzene rings is 1. The second-order valence-electron chi connectivity index (χ2n) is 7.00. The van der Waals surface area contributed by atoms with Crippen LogP contribution in [0, 0.1) is 12.8 Å². The predicted molar refractivity (Wildman–Crippen MR) is 87.6 cm³/mol. The molecular formula is C19H29NO. The van der Waals surface area contributed by atoms with Gasteiger partial charge in [-0.25, -0.2) is 0 Å². The SMILES string of the molecule is CCNC(Cc1cccc(C)c1)C1CCOC2(CCC2)C1. The first-order valence-electron chi connectivity index (χ1n) is 8.64.